The highest BCUT2D eigenvalue weighted by molar-refractivity contribution is 6.46. The molecule has 1 atom stereocenters. The first-order valence-corrected chi connectivity index (χ1v) is 12.2. The molecular weight excluding hydrogens is 462 g/mol. The Morgan fingerprint density at radius 2 is 1.74 bits per heavy atom. The van der Waals surface area contributed by atoms with Gasteiger partial charge in [-0.15, -0.1) is 0 Å². The Kier molecular flexibility index (Phi) is 7.88. The fraction of sp³-hybridized carbons (Fsp3) is 0.241. The van der Waals surface area contributed by atoms with E-state index in [0.717, 1.165) is 18.4 Å². The molecule has 3 aromatic rings. The highest BCUT2D eigenvalue weighted by Crippen LogP contribution is 2.40. The van der Waals surface area contributed by atoms with Crippen LogP contribution in [0.1, 0.15) is 42.5 Å². The summed E-state index contributed by atoms with van der Waals surface area (Å²) in [5.74, 6) is -0.944. The number of carbonyl (C=O) groups is 2. The Bertz CT molecular complexity index is 1220. The van der Waals surface area contributed by atoms with Gasteiger partial charge in [0.15, 0.2) is 0 Å². The van der Waals surface area contributed by atoms with Crippen LogP contribution in [0.25, 0.3) is 5.76 Å². The summed E-state index contributed by atoms with van der Waals surface area (Å²) in [4.78, 5) is 27.9. The molecule has 0 radical (unpaired) electrons. The second-order valence-corrected chi connectivity index (χ2v) is 8.95. The fourth-order valence-electron chi connectivity index (χ4n) is 4.22. The van der Waals surface area contributed by atoms with Crippen LogP contribution in [0.3, 0.4) is 0 Å². The molecule has 0 spiro atoms. The predicted octanol–water partition coefficient (Wildman–Crippen LogP) is 6.18. The molecule has 35 heavy (non-hydrogen) atoms. The quantitative estimate of drug-likeness (QED) is 0.168. The highest BCUT2D eigenvalue weighted by atomic mass is 35.5. The van der Waals surface area contributed by atoms with Crippen molar-refractivity contribution in [3.05, 3.63) is 106 Å². The summed E-state index contributed by atoms with van der Waals surface area (Å²) in [6.45, 7) is 2.98. The van der Waals surface area contributed by atoms with E-state index in [0.29, 0.717) is 41.5 Å². The van der Waals surface area contributed by atoms with Gasteiger partial charge in [0.1, 0.15) is 11.5 Å². The van der Waals surface area contributed by atoms with E-state index in [4.69, 9.17) is 16.3 Å². The monoisotopic (exact) mass is 489 g/mol. The Hall–Kier alpha value is -3.57. The van der Waals surface area contributed by atoms with E-state index in [-0.39, 0.29) is 11.3 Å². The Morgan fingerprint density at radius 3 is 2.46 bits per heavy atom. The largest absolute Gasteiger partial charge is 0.507 e. The van der Waals surface area contributed by atoms with E-state index in [1.165, 1.54) is 4.90 Å². The van der Waals surface area contributed by atoms with Gasteiger partial charge in [0.05, 0.1) is 18.2 Å². The number of ketones is 1. The van der Waals surface area contributed by atoms with Crippen molar-refractivity contribution in [3.8, 4) is 5.75 Å². The number of amides is 1. The van der Waals surface area contributed by atoms with Gasteiger partial charge < -0.3 is 14.7 Å². The first-order chi connectivity index (χ1) is 17.0. The number of unbranched alkanes of at least 4 members (excludes halogenated alkanes) is 1. The van der Waals surface area contributed by atoms with E-state index in [2.05, 4.69) is 6.92 Å². The van der Waals surface area contributed by atoms with Crippen molar-refractivity contribution in [3.63, 3.8) is 0 Å². The van der Waals surface area contributed by atoms with Crippen molar-refractivity contribution >= 4 is 29.1 Å². The Labute approximate surface area is 210 Å². The number of benzene rings is 3. The number of likely N-dealkylation sites (tertiary alicyclic amines) is 1. The molecule has 1 unspecified atom stereocenters. The van der Waals surface area contributed by atoms with Gasteiger partial charge in [-0.1, -0.05) is 79.5 Å². The predicted molar refractivity (Wildman–Crippen MR) is 137 cm³/mol. The number of nitrogens with zero attached hydrogens (tertiary/aromatic N) is 1. The van der Waals surface area contributed by atoms with Crippen LogP contribution in [0.5, 0.6) is 5.75 Å². The van der Waals surface area contributed by atoms with Crippen LogP contribution < -0.4 is 4.74 Å². The number of aliphatic hydroxyl groups excluding tert-OH is 1. The van der Waals surface area contributed by atoms with E-state index >= 15 is 0 Å². The SMILES string of the molecule is CCCCOc1cccc(C(O)=C2C(=O)C(=O)N(CCc3ccccc3)C2c2ccc(Cl)cc2)c1. The first-order valence-electron chi connectivity index (χ1n) is 11.8. The number of hydrogen-bond donors (Lipinski definition) is 1. The van der Waals surface area contributed by atoms with Crippen molar-refractivity contribution < 1.29 is 19.4 Å². The number of aliphatic hydroxyl groups is 1. The van der Waals surface area contributed by atoms with Crippen molar-refractivity contribution in [1.29, 1.82) is 0 Å². The minimum atomic E-state index is -0.722. The number of rotatable bonds is 9. The van der Waals surface area contributed by atoms with Crippen molar-refractivity contribution in [2.24, 2.45) is 0 Å². The van der Waals surface area contributed by atoms with Crippen LogP contribution in [-0.2, 0) is 16.0 Å². The lowest BCUT2D eigenvalue weighted by Crippen LogP contribution is -2.31. The molecule has 1 fully saturated rings. The maximum atomic E-state index is 13.2. The van der Waals surface area contributed by atoms with E-state index in [1.807, 2.05) is 36.4 Å². The molecule has 6 heteroatoms. The lowest BCUT2D eigenvalue weighted by molar-refractivity contribution is -0.139. The van der Waals surface area contributed by atoms with Crippen LogP contribution in [0.15, 0.2) is 84.4 Å². The molecule has 1 heterocycles. The molecule has 4 rings (SSSR count). The number of ether oxygens (including phenoxy) is 1. The van der Waals surface area contributed by atoms with E-state index < -0.39 is 17.7 Å². The van der Waals surface area contributed by atoms with Crippen LogP contribution in [0.4, 0.5) is 0 Å². The summed E-state index contributed by atoms with van der Waals surface area (Å²) in [6.07, 6.45) is 2.51. The molecule has 1 N–H and O–H groups in total. The number of halogens is 1. The van der Waals surface area contributed by atoms with E-state index in [9.17, 15) is 14.7 Å². The second kappa shape index (κ2) is 11.2. The normalized spacial score (nSPS) is 17.1. The lowest BCUT2D eigenvalue weighted by atomic mass is 9.95. The van der Waals surface area contributed by atoms with Crippen LogP contribution in [-0.4, -0.2) is 34.8 Å². The zero-order chi connectivity index (χ0) is 24.8. The molecule has 0 aromatic heterocycles. The average molecular weight is 490 g/mol. The van der Waals surface area contributed by atoms with Crippen molar-refractivity contribution in [1.82, 2.24) is 4.90 Å². The second-order valence-electron chi connectivity index (χ2n) is 8.51. The fourth-order valence-corrected chi connectivity index (χ4v) is 4.35. The number of hydrogen-bond acceptors (Lipinski definition) is 4. The van der Waals surface area contributed by atoms with Gasteiger partial charge >= 0.3 is 0 Å². The number of Topliss-reactive ketones (excluding diaryl/α,β-unsaturated/α-hetero) is 1. The maximum Gasteiger partial charge on any atom is 0.295 e. The van der Waals surface area contributed by atoms with Gasteiger partial charge in [-0.3, -0.25) is 9.59 Å². The minimum absolute atomic E-state index is 0.0658. The number of carbonyl (C=O) groups excluding carboxylic acids is 2. The molecule has 1 amide bonds. The van der Waals surface area contributed by atoms with Gasteiger partial charge in [-0.25, -0.2) is 0 Å². The summed E-state index contributed by atoms with van der Waals surface area (Å²) in [7, 11) is 0. The smallest absolute Gasteiger partial charge is 0.295 e. The first kappa shape index (κ1) is 24.6. The third-order valence-electron chi connectivity index (χ3n) is 6.08. The molecular formula is C29H28ClNO4. The zero-order valence-electron chi connectivity index (χ0n) is 19.6. The van der Waals surface area contributed by atoms with Crippen LogP contribution >= 0.6 is 11.6 Å². The lowest BCUT2D eigenvalue weighted by Gasteiger charge is -2.25. The summed E-state index contributed by atoms with van der Waals surface area (Å²) in [5.41, 5.74) is 2.26. The molecule has 5 nitrogen and oxygen atoms in total. The standard InChI is InChI=1S/C29H28ClNO4/c1-2-3-18-35-24-11-7-10-22(19-24)27(32)25-26(21-12-14-23(30)15-13-21)31(29(34)28(25)33)17-16-20-8-5-4-6-9-20/h4-15,19,26,32H,2-3,16-18H2,1H3. The average Bonchev–Trinajstić information content (AvgIpc) is 3.13. The third-order valence-corrected chi connectivity index (χ3v) is 6.34. The molecule has 0 aliphatic carbocycles. The Balaban J connectivity index is 1.73. The maximum absolute atomic E-state index is 13.2. The van der Waals surface area contributed by atoms with Crippen molar-refractivity contribution in [2.75, 3.05) is 13.2 Å². The van der Waals surface area contributed by atoms with Gasteiger partial charge in [0.25, 0.3) is 11.7 Å². The molecule has 0 bridgehead atoms. The third kappa shape index (κ3) is 5.57. The molecule has 0 saturated carbocycles. The molecule has 180 valence electrons. The minimum Gasteiger partial charge on any atom is -0.507 e. The van der Waals surface area contributed by atoms with Crippen molar-refractivity contribution in [2.45, 2.75) is 32.2 Å². The van der Waals surface area contributed by atoms with Gasteiger partial charge in [0, 0.05) is 17.1 Å². The van der Waals surface area contributed by atoms with Gasteiger partial charge in [-0.05, 0) is 48.2 Å². The van der Waals surface area contributed by atoms with E-state index in [1.54, 1.807) is 42.5 Å². The zero-order valence-corrected chi connectivity index (χ0v) is 20.4. The van der Waals surface area contributed by atoms with Crippen LogP contribution in [0, 0.1) is 0 Å². The summed E-state index contributed by atoms with van der Waals surface area (Å²) in [6, 6.07) is 23.0. The summed E-state index contributed by atoms with van der Waals surface area (Å²) in [5, 5.41) is 11.8. The van der Waals surface area contributed by atoms with Gasteiger partial charge in [-0.2, -0.15) is 0 Å². The molecule has 1 saturated heterocycles. The Morgan fingerprint density at radius 1 is 1.00 bits per heavy atom. The topological polar surface area (TPSA) is 66.8 Å². The molecule has 1 aliphatic rings. The summed E-state index contributed by atoms with van der Waals surface area (Å²) < 4.78 is 5.77. The molecule has 1 aliphatic heterocycles. The molecule has 3 aromatic carbocycles. The van der Waals surface area contributed by atoms with Crippen LogP contribution in [0.2, 0.25) is 5.02 Å². The summed E-state index contributed by atoms with van der Waals surface area (Å²) >= 11 is 6.09. The van der Waals surface area contributed by atoms with Gasteiger partial charge in [0.2, 0.25) is 0 Å². The highest BCUT2D eigenvalue weighted by Gasteiger charge is 2.45.